The van der Waals surface area contributed by atoms with Crippen LogP contribution in [-0.4, -0.2) is 33.0 Å². The predicted octanol–water partition coefficient (Wildman–Crippen LogP) is 2.16. The first-order valence-electron chi connectivity index (χ1n) is 6.39. The maximum absolute atomic E-state index is 6.40. The van der Waals surface area contributed by atoms with Crippen molar-refractivity contribution in [1.82, 2.24) is 4.98 Å². The normalized spacial score (nSPS) is 25.9. The number of nitrogen functional groups attached to an aromatic ring is 1. The Hall–Kier alpha value is -0.390. The van der Waals surface area contributed by atoms with E-state index in [2.05, 4.69) is 23.7 Å². The van der Waals surface area contributed by atoms with Crippen LogP contribution in [0.2, 0.25) is 0 Å². The summed E-state index contributed by atoms with van der Waals surface area (Å²) >= 11 is 4.09. The second-order valence-corrected chi connectivity index (χ2v) is 7.23. The number of thioether (sulfide) groups is 2. The van der Waals surface area contributed by atoms with Gasteiger partial charge in [-0.05, 0) is 24.5 Å². The van der Waals surface area contributed by atoms with Gasteiger partial charge in [-0.3, -0.25) is 4.98 Å². The van der Waals surface area contributed by atoms with Gasteiger partial charge in [0, 0.05) is 46.1 Å². The van der Waals surface area contributed by atoms with Crippen LogP contribution in [0.15, 0.2) is 18.5 Å². The third kappa shape index (κ3) is 3.33. The number of hydrogen-bond acceptors (Lipinski definition) is 5. The number of nitrogens with zero attached hydrogens (tertiary/aromatic N) is 1. The standard InChI is InChI=1S/C13H21N3S2/c1-2-12-13(18-6-5-17-12)11(15)7-9-8-16-4-3-10(9)14/h3-4,8,11-13H,2,5-7,15H2,1H3,(H2,14,16). The van der Waals surface area contributed by atoms with Crippen LogP contribution >= 0.6 is 23.5 Å². The second-order valence-electron chi connectivity index (χ2n) is 4.60. The highest BCUT2D eigenvalue weighted by molar-refractivity contribution is 8.07. The Labute approximate surface area is 117 Å². The first-order valence-corrected chi connectivity index (χ1v) is 8.49. The van der Waals surface area contributed by atoms with Gasteiger partial charge in [-0.2, -0.15) is 23.5 Å². The number of anilines is 1. The van der Waals surface area contributed by atoms with Crippen LogP contribution < -0.4 is 11.5 Å². The first-order chi connectivity index (χ1) is 8.72. The molecule has 1 aliphatic heterocycles. The topological polar surface area (TPSA) is 64.9 Å². The molecular formula is C13H21N3S2. The third-order valence-electron chi connectivity index (χ3n) is 3.31. The monoisotopic (exact) mass is 283 g/mol. The summed E-state index contributed by atoms with van der Waals surface area (Å²) in [6.07, 6.45) is 5.59. The Morgan fingerprint density at radius 1 is 1.44 bits per heavy atom. The van der Waals surface area contributed by atoms with Crippen molar-refractivity contribution < 1.29 is 0 Å². The smallest absolute Gasteiger partial charge is 0.0378 e. The fourth-order valence-electron chi connectivity index (χ4n) is 2.31. The molecule has 1 fully saturated rings. The van der Waals surface area contributed by atoms with Crippen molar-refractivity contribution in [1.29, 1.82) is 0 Å². The fraction of sp³-hybridized carbons (Fsp3) is 0.615. The molecule has 2 heterocycles. The molecule has 0 saturated carbocycles. The van der Waals surface area contributed by atoms with Gasteiger partial charge in [0.1, 0.15) is 0 Å². The summed E-state index contributed by atoms with van der Waals surface area (Å²) in [5, 5.41) is 1.21. The van der Waals surface area contributed by atoms with Crippen molar-refractivity contribution in [2.24, 2.45) is 5.73 Å². The highest BCUT2D eigenvalue weighted by Gasteiger charge is 2.30. The third-order valence-corrected chi connectivity index (χ3v) is 6.74. The van der Waals surface area contributed by atoms with Crippen molar-refractivity contribution in [3.8, 4) is 0 Å². The van der Waals surface area contributed by atoms with Crippen LogP contribution in [0.5, 0.6) is 0 Å². The summed E-state index contributed by atoms with van der Waals surface area (Å²) in [6.45, 7) is 2.25. The molecule has 0 spiro atoms. The van der Waals surface area contributed by atoms with Crippen molar-refractivity contribution in [3.63, 3.8) is 0 Å². The SMILES string of the molecule is CCC1SCCSC1C(N)Cc1cnccc1N. The number of rotatable bonds is 4. The van der Waals surface area contributed by atoms with Gasteiger partial charge in [0.15, 0.2) is 0 Å². The van der Waals surface area contributed by atoms with Gasteiger partial charge in [0.05, 0.1) is 0 Å². The van der Waals surface area contributed by atoms with E-state index in [1.54, 1.807) is 6.20 Å². The lowest BCUT2D eigenvalue weighted by Crippen LogP contribution is -2.43. The van der Waals surface area contributed by atoms with E-state index in [0.29, 0.717) is 10.5 Å². The largest absolute Gasteiger partial charge is 0.398 e. The number of aromatic nitrogens is 1. The highest BCUT2D eigenvalue weighted by Crippen LogP contribution is 2.35. The number of nitrogens with two attached hydrogens (primary N) is 2. The van der Waals surface area contributed by atoms with Crippen molar-refractivity contribution in [2.75, 3.05) is 17.2 Å². The zero-order valence-corrected chi connectivity index (χ0v) is 12.3. The van der Waals surface area contributed by atoms with E-state index in [0.717, 1.165) is 17.7 Å². The molecular weight excluding hydrogens is 262 g/mol. The Kier molecular flexibility index (Phi) is 5.21. The molecule has 0 amide bonds. The summed E-state index contributed by atoms with van der Waals surface area (Å²) < 4.78 is 0. The molecule has 1 aromatic heterocycles. The summed E-state index contributed by atoms with van der Waals surface area (Å²) in [7, 11) is 0. The molecule has 0 aliphatic carbocycles. The molecule has 18 heavy (non-hydrogen) atoms. The molecule has 1 aliphatic rings. The number of pyridine rings is 1. The quantitative estimate of drug-likeness (QED) is 0.886. The van der Waals surface area contributed by atoms with Crippen LogP contribution in [0, 0.1) is 0 Å². The Morgan fingerprint density at radius 3 is 2.94 bits per heavy atom. The number of hydrogen-bond donors (Lipinski definition) is 2. The molecule has 3 unspecified atom stereocenters. The Balaban J connectivity index is 2.02. The van der Waals surface area contributed by atoms with Gasteiger partial charge >= 0.3 is 0 Å². The van der Waals surface area contributed by atoms with E-state index >= 15 is 0 Å². The molecule has 4 N–H and O–H groups in total. The van der Waals surface area contributed by atoms with Crippen LogP contribution in [0.1, 0.15) is 18.9 Å². The molecule has 0 radical (unpaired) electrons. The minimum Gasteiger partial charge on any atom is -0.398 e. The van der Waals surface area contributed by atoms with Gasteiger partial charge in [-0.1, -0.05) is 6.92 Å². The lowest BCUT2D eigenvalue weighted by Gasteiger charge is -2.34. The molecule has 3 atom stereocenters. The molecule has 2 rings (SSSR count). The van der Waals surface area contributed by atoms with E-state index in [1.165, 1.54) is 17.9 Å². The van der Waals surface area contributed by atoms with Gasteiger partial charge in [0.25, 0.3) is 0 Å². The average molecular weight is 283 g/mol. The van der Waals surface area contributed by atoms with E-state index in [1.807, 2.05) is 24.0 Å². The van der Waals surface area contributed by atoms with Crippen molar-refractivity contribution in [3.05, 3.63) is 24.0 Å². The van der Waals surface area contributed by atoms with Crippen LogP contribution in [0.4, 0.5) is 5.69 Å². The molecule has 5 heteroatoms. The van der Waals surface area contributed by atoms with Crippen LogP contribution in [0.3, 0.4) is 0 Å². The highest BCUT2D eigenvalue weighted by atomic mass is 32.2. The van der Waals surface area contributed by atoms with E-state index in [4.69, 9.17) is 11.5 Å². The average Bonchev–Trinajstić information content (AvgIpc) is 2.41. The van der Waals surface area contributed by atoms with E-state index in [9.17, 15) is 0 Å². The van der Waals surface area contributed by atoms with Gasteiger partial charge in [-0.25, -0.2) is 0 Å². The van der Waals surface area contributed by atoms with Gasteiger partial charge < -0.3 is 11.5 Å². The molecule has 0 bridgehead atoms. The lowest BCUT2D eigenvalue weighted by molar-refractivity contribution is 0.597. The summed E-state index contributed by atoms with van der Waals surface area (Å²) in [5.74, 6) is 2.46. The first kappa shape index (κ1) is 14.0. The minimum atomic E-state index is 0.166. The fourth-order valence-corrected chi connectivity index (χ4v) is 5.51. The van der Waals surface area contributed by atoms with Crippen molar-refractivity contribution in [2.45, 2.75) is 36.3 Å². The minimum absolute atomic E-state index is 0.166. The summed E-state index contributed by atoms with van der Waals surface area (Å²) in [6, 6.07) is 2.02. The lowest BCUT2D eigenvalue weighted by atomic mass is 10.0. The van der Waals surface area contributed by atoms with E-state index in [-0.39, 0.29) is 6.04 Å². The van der Waals surface area contributed by atoms with Gasteiger partial charge in [0.2, 0.25) is 0 Å². The van der Waals surface area contributed by atoms with Crippen molar-refractivity contribution >= 4 is 29.2 Å². The maximum atomic E-state index is 6.40. The maximum Gasteiger partial charge on any atom is 0.0378 e. The zero-order valence-electron chi connectivity index (χ0n) is 10.7. The van der Waals surface area contributed by atoms with Crippen LogP contribution in [-0.2, 0) is 6.42 Å². The molecule has 3 nitrogen and oxygen atoms in total. The van der Waals surface area contributed by atoms with E-state index < -0.39 is 0 Å². The summed E-state index contributed by atoms with van der Waals surface area (Å²) in [5.41, 5.74) is 14.2. The predicted molar refractivity (Wildman–Crippen MR) is 83.1 cm³/mol. The molecule has 100 valence electrons. The zero-order chi connectivity index (χ0) is 13.0. The summed E-state index contributed by atoms with van der Waals surface area (Å²) in [4.78, 5) is 4.14. The molecule has 1 saturated heterocycles. The van der Waals surface area contributed by atoms with Crippen LogP contribution in [0.25, 0.3) is 0 Å². The Morgan fingerprint density at radius 2 is 2.22 bits per heavy atom. The molecule has 0 aromatic carbocycles. The Bertz CT molecular complexity index is 386. The molecule has 1 aromatic rings. The second kappa shape index (κ2) is 6.68. The van der Waals surface area contributed by atoms with Gasteiger partial charge in [-0.15, -0.1) is 0 Å².